The molecule has 68 valence electrons. The van der Waals surface area contributed by atoms with E-state index in [2.05, 4.69) is 18.8 Å². The minimum absolute atomic E-state index is 0.205. The van der Waals surface area contributed by atoms with Crippen LogP contribution in [0.4, 0.5) is 0 Å². The molecule has 0 saturated heterocycles. The lowest BCUT2D eigenvalue weighted by Crippen LogP contribution is -1.93. The molecule has 1 aromatic heterocycles. The highest BCUT2D eigenvalue weighted by Gasteiger charge is 2.05. The average Bonchev–Trinajstić information content (AvgIpc) is 2.34. The summed E-state index contributed by atoms with van der Waals surface area (Å²) in [5, 5.41) is 9.95. The zero-order valence-corrected chi connectivity index (χ0v) is 8.45. The second kappa shape index (κ2) is 4.58. The fourth-order valence-corrected chi connectivity index (χ4v) is 2.23. The number of aliphatic hydroxyl groups is 1. The van der Waals surface area contributed by atoms with Gasteiger partial charge in [0, 0.05) is 17.9 Å². The van der Waals surface area contributed by atoms with E-state index in [9.17, 15) is 0 Å². The van der Waals surface area contributed by atoms with Gasteiger partial charge in [-0.15, -0.1) is 11.3 Å². The fourth-order valence-electron chi connectivity index (χ4n) is 1.15. The largest absolute Gasteiger partial charge is 0.396 e. The van der Waals surface area contributed by atoms with Crippen LogP contribution >= 0.6 is 11.3 Å². The molecule has 2 nitrogen and oxygen atoms in total. The van der Waals surface area contributed by atoms with Gasteiger partial charge in [0.2, 0.25) is 0 Å². The molecule has 0 unspecified atom stereocenters. The highest BCUT2D eigenvalue weighted by Crippen LogP contribution is 2.18. The minimum Gasteiger partial charge on any atom is -0.396 e. The lowest BCUT2D eigenvalue weighted by Gasteiger charge is -1.91. The maximum atomic E-state index is 8.75. The summed E-state index contributed by atoms with van der Waals surface area (Å²) in [6.45, 7) is 4.43. The lowest BCUT2D eigenvalue weighted by molar-refractivity contribution is 0.298. The van der Waals surface area contributed by atoms with Crippen LogP contribution in [0.2, 0.25) is 0 Å². The predicted octanol–water partition coefficient (Wildman–Crippen LogP) is 1.94. The highest BCUT2D eigenvalue weighted by molar-refractivity contribution is 7.11. The van der Waals surface area contributed by atoms with Gasteiger partial charge in [0.05, 0.1) is 10.7 Å². The third kappa shape index (κ3) is 2.29. The first-order chi connectivity index (χ1) is 5.77. The maximum absolute atomic E-state index is 8.75. The molecule has 0 radical (unpaired) electrons. The van der Waals surface area contributed by atoms with E-state index in [0.29, 0.717) is 6.42 Å². The summed E-state index contributed by atoms with van der Waals surface area (Å²) in [5.41, 5.74) is 1.07. The number of aromatic nitrogens is 1. The second-order valence-electron chi connectivity index (χ2n) is 2.83. The van der Waals surface area contributed by atoms with Crippen LogP contribution in [0.3, 0.4) is 0 Å². The van der Waals surface area contributed by atoms with Gasteiger partial charge in [0.25, 0.3) is 0 Å². The summed E-state index contributed by atoms with van der Waals surface area (Å²) in [4.78, 5) is 5.70. The number of aryl methyl sites for hydroxylation is 2. The van der Waals surface area contributed by atoms with E-state index in [1.54, 1.807) is 11.3 Å². The maximum Gasteiger partial charge on any atom is 0.0930 e. The van der Waals surface area contributed by atoms with Crippen molar-refractivity contribution in [3.05, 3.63) is 15.6 Å². The third-order valence-corrected chi connectivity index (χ3v) is 2.82. The molecule has 0 saturated carbocycles. The topological polar surface area (TPSA) is 33.1 Å². The van der Waals surface area contributed by atoms with Crippen LogP contribution in [0.15, 0.2) is 0 Å². The van der Waals surface area contributed by atoms with Gasteiger partial charge < -0.3 is 5.11 Å². The Morgan fingerprint density at radius 1 is 1.42 bits per heavy atom. The molecule has 3 heteroatoms. The Morgan fingerprint density at radius 2 is 2.17 bits per heavy atom. The van der Waals surface area contributed by atoms with Crippen molar-refractivity contribution in [3.63, 3.8) is 0 Å². The Balaban J connectivity index is 2.70. The highest BCUT2D eigenvalue weighted by atomic mass is 32.1. The fraction of sp³-hybridized carbons (Fsp3) is 0.667. The lowest BCUT2D eigenvalue weighted by atomic mass is 10.3. The van der Waals surface area contributed by atoms with Crippen molar-refractivity contribution in [2.24, 2.45) is 0 Å². The van der Waals surface area contributed by atoms with E-state index in [-0.39, 0.29) is 6.61 Å². The Labute approximate surface area is 77.3 Å². The molecule has 0 amide bonds. The zero-order valence-electron chi connectivity index (χ0n) is 7.63. The van der Waals surface area contributed by atoms with E-state index in [1.807, 2.05) is 0 Å². The molecule has 0 fully saturated rings. The van der Waals surface area contributed by atoms with Gasteiger partial charge in [-0.25, -0.2) is 4.98 Å². The van der Waals surface area contributed by atoms with Gasteiger partial charge in [0.1, 0.15) is 0 Å². The van der Waals surface area contributed by atoms with Gasteiger partial charge >= 0.3 is 0 Å². The van der Waals surface area contributed by atoms with Gasteiger partial charge in [0.15, 0.2) is 0 Å². The monoisotopic (exact) mass is 185 g/mol. The third-order valence-electron chi connectivity index (χ3n) is 1.75. The molecule has 12 heavy (non-hydrogen) atoms. The molecule has 0 atom stereocenters. The molecule has 1 aromatic rings. The first kappa shape index (κ1) is 9.68. The Morgan fingerprint density at radius 3 is 2.75 bits per heavy atom. The molecule has 1 heterocycles. The Kier molecular flexibility index (Phi) is 3.69. The molecular weight excluding hydrogens is 170 g/mol. The number of rotatable bonds is 4. The molecule has 0 aliphatic carbocycles. The summed E-state index contributed by atoms with van der Waals surface area (Å²) >= 11 is 1.76. The van der Waals surface area contributed by atoms with Crippen LogP contribution in [0, 0.1) is 6.92 Å². The van der Waals surface area contributed by atoms with Gasteiger partial charge in [-0.1, -0.05) is 6.92 Å². The van der Waals surface area contributed by atoms with Crippen molar-refractivity contribution in [3.8, 4) is 0 Å². The standard InChI is InChI=1S/C9H15NOS/c1-3-4-9-10-8(5-6-11)7(2)12-9/h11H,3-6H2,1-2H3. The van der Waals surface area contributed by atoms with E-state index >= 15 is 0 Å². The molecule has 0 spiro atoms. The molecular formula is C9H15NOS. The molecule has 0 bridgehead atoms. The average molecular weight is 185 g/mol. The van der Waals surface area contributed by atoms with Crippen LogP contribution in [-0.4, -0.2) is 16.7 Å². The van der Waals surface area contributed by atoms with Crippen molar-refractivity contribution in [1.29, 1.82) is 0 Å². The van der Waals surface area contributed by atoms with E-state index in [4.69, 9.17) is 5.11 Å². The Bertz CT molecular complexity index is 245. The van der Waals surface area contributed by atoms with Crippen molar-refractivity contribution in [2.75, 3.05) is 6.61 Å². The summed E-state index contributed by atoms with van der Waals surface area (Å²) in [5.74, 6) is 0. The molecule has 0 aliphatic heterocycles. The van der Waals surface area contributed by atoms with Crippen LogP contribution in [-0.2, 0) is 12.8 Å². The van der Waals surface area contributed by atoms with E-state index in [0.717, 1.165) is 18.5 Å². The van der Waals surface area contributed by atoms with Crippen molar-refractivity contribution >= 4 is 11.3 Å². The number of aliphatic hydroxyl groups excluding tert-OH is 1. The molecule has 1 N–H and O–H groups in total. The predicted molar refractivity (Wildman–Crippen MR) is 51.6 cm³/mol. The first-order valence-corrected chi connectivity index (χ1v) is 5.15. The SMILES string of the molecule is CCCc1nc(CCO)c(C)s1. The number of nitrogens with zero attached hydrogens (tertiary/aromatic N) is 1. The van der Waals surface area contributed by atoms with E-state index < -0.39 is 0 Å². The summed E-state index contributed by atoms with van der Waals surface area (Å²) in [6.07, 6.45) is 2.91. The van der Waals surface area contributed by atoms with Crippen LogP contribution in [0.5, 0.6) is 0 Å². The molecule has 1 rings (SSSR count). The molecule has 0 aliphatic rings. The summed E-state index contributed by atoms with van der Waals surface area (Å²) in [7, 11) is 0. The number of thiazole rings is 1. The second-order valence-corrected chi connectivity index (χ2v) is 4.12. The van der Waals surface area contributed by atoms with Crippen LogP contribution in [0.25, 0.3) is 0 Å². The van der Waals surface area contributed by atoms with Gasteiger partial charge in [-0.3, -0.25) is 0 Å². The smallest absolute Gasteiger partial charge is 0.0930 e. The number of hydrogen-bond acceptors (Lipinski definition) is 3. The van der Waals surface area contributed by atoms with Gasteiger partial charge in [-0.05, 0) is 19.8 Å². The minimum atomic E-state index is 0.205. The molecule has 0 aromatic carbocycles. The first-order valence-electron chi connectivity index (χ1n) is 4.34. The van der Waals surface area contributed by atoms with Crippen LogP contribution in [0.1, 0.15) is 28.9 Å². The Hall–Kier alpha value is -0.410. The normalized spacial score (nSPS) is 10.6. The van der Waals surface area contributed by atoms with E-state index in [1.165, 1.54) is 9.88 Å². The summed E-state index contributed by atoms with van der Waals surface area (Å²) in [6, 6.07) is 0. The van der Waals surface area contributed by atoms with Crippen molar-refractivity contribution in [2.45, 2.75) is 33.1 Å². The quantitative estimate of drug-likeness (QED) is 0.777. The zero-order chi connectivity index (χ0) is 8.97. The van der Waals surface area contributed by atoms with Crippen LogP contribution < -0.4 is 0 Å². The summed E-state index contributed by atoms with van der Waals surface area (Å²) < 4.78 is 0. The van der Waals surface area contributed by atoms with Crippen molar-refractivity contribution in [1.82, 2.24) is 4.98 Å². The van der Waals surface area contributed by atoms with Gasteiger partial charge in [-0.2, -0.15) is 0 Å². The van der Waals surface area contributed by atoms with Crippen molar-refractivity contribution < 1.29 is 5.11 Å². The number of hydrogen-bond donors (Lipinski definition) is 1.